The number of imide groups is 1. The standard InChI is InChI=1S/C21H18N2O4/c1-21(20(26)27-2)16-15(17(22-21)13-9-5-3-6-10-13)18(24)23(19(16)25)14-11-7-4-8-12-14/h3-12,15-16H,1-2H3/t15-,16-,21+/m1/s1. The van der Waals surface area contributed by atoms with Crippen molar-refractivity contribution in [2.24, 2.45) is 16.8 Å². The second kappa shape index (κ2) is 6.16. The molecule has 2 aliphatic rings. The van der Waals surface area contributed by atoms with Crippen LogP contribution in [0.5, 0.6) is 0 Å². The molecule has 1 fully saturated rings. The average molecular weight is 362 g/mol. The third-order valence-electron chi connectivity index (χ3n) is 5.24. The van der Waals surface area contributed by atoms with Crippen molar-refractivity contribution in [1.82, 2.24) is 0 Å². The molecule has 2 heterocycles. The summed E-state index contributed by atoms with van der Waals surface area (Å²) >= 11 is 0. The Morgan fingerprint density at radius 2 is 1.59 bits per heavy atom. The van der Waals surface area contributed by atoms with Gasteiger partial charge < -0.3 is 4.74 Å². The molecule has 2 aromatic rings. The first-order valence-corrected chi connectivity index (χ1v) is 8.65. The van der Waals surface area contributed by atoms with Gasteiger partial charge in [-0.1, -0.05) is 48.5 Å². The fourth-order valence-corrected chi connectivity index (χ4v) is 3.96. The number of hydrogen-bond acceptors (Lipinski definition) is 5. The Morgan fingerprint density at radius 1 is 1.00 bits per heavy atom. The summed E-state index contributed by atoms with van der Waals surface area (Å²) in [6.07, 6.45) is 0. The fourth-order valence-electron chi connectivity index (χ4n) is 3.96. The Morgan fingerprint density at radius 3 is 2.19 bits per heavy atom. The summed E-state index contributed by atoms with van der Waals surface area (Å²) in [6, 6.07) is 17.9. The van der Waals surface area contributed by atoms with Crippen LogP contribution in [0.15, 0.2) is 65.7 Å². The molecule has 1 saturated heterocycles. The summed E-state index contributed by atoms with van der Waals surface area (Å²) in [5.41, 5.74) is 0.212. The van der Waals surface area contributed by atoms with Gasteiger partial charge >= 0.3 is 5.97 Å². The van der Waals surface area contributed by atoms with E-state index in [0.717, 1.165) is 10.5 Å². The number of esters is 1. The van der Waals surface area contributed by atoms with Crippen LogP contribution < -0.4 is 4.90 Å². The minimum atomic E-state index is -1.44. The summed E-state index contributed by atoms with van der Waals surface area (Å²) in [5.74, 6) is -3.17. The monoisotopic (exact) mass is 362 g/mol. The Kier molecular flexibility index (Phi) is 3.91. The van der Waals surface area contributed by atoms with E-state index in [-0.39, 0.29) is 5.91 Å². The molecule has 0 aliphatic carbocycles. The Bertz CT molecular complexity index is 955. The molecule has 0 unspecified atom stereocenters. The largest absolute Gasteiger partial charge is 0.467 e. The van der Waals surface area contributed by atoms with Crippen LogP contribution in [0, 0.1) is 11.8 Å². The molecule has 0 bridgehead atoms. The van der Waals surface area contributed by atoms with Crippen LogP contribution in [0.2, 0.25) is 0 Å². The number of benzene rings is 2. The van der Waals surface area contributed by atoms with E-state index in [1.54, 1.807) is 31.2 Å². The van der Waals surface area contributed by atoms with E-state index in [1.165, 1.54) is 7.11 Å². The van der Waals surface area contributed by atoms with Crippen LogP contribution in [0.1, 0.15) is 12.5 Å². The predicted molar refractivity (Wildman–Crippen MR) is 99.3 cm³/mol. The number of para-hydroxylation sites is 1. The van der Waals surface area contributed by atoms with Gasteiger partial charge in [0.25, 0.3) is 0 Å². The molecule has 2 aliphatic heterocycles. The lowest BCUT2D eigenvalue weighted by molar-refractivity contribution is -0.150. The number of rotatable bonds is 3. The van der Waals surface area contributed by atoms with Gasteiger partial charge in [-0.25, -0.2) is 9.69 Å². The predicted octanol–water partition coefficient (Wildman–Crippen LogP) is 2.23. The van der Waals surface area contributed by atoms with Crippen molar-refractivity contribution in [2.45, 2.75) is 12.5 Å². The summed E-state index contributed by atoms with van der Waals surface area (Å²) in [5, 5.41) is 0. The summed E-state index contributed by atoms with van der Waals surface area (Å²) in [6.45, 7) is 1.56. The van der Waals surface area contributed by atoms with Crippen molar-refractivity contribution in [1.29, 1.82) is 0 Å². The second-order valence-electron chi connectivity index (χ2n) is 6.80. The highest BCUT2D eigenvalue weighted by Crippen LogP contribution is 2.46. The van der Waals surface area contributed by atoms with Crippen molar-refractivity contribution in [3.05, 3.63) is 66.2 Å². The Hall–Kier alpha value is -3.28. The van der Waals surface area contributed by atoms with Crippen molar-refractivity contribution >= 4 is 29.2 Å². The summed E-state index contributed by atoms with van der Waals surface area (Å²) in [4.78, 5) is 44.7. The maximum Gasteiger partial charge on any atom is 0.334 e. The van der Waals surface area contributed by atoms with Gasteiger partial charge in [0.05, 0.1) is 30.3 Å². The molecule has 0 aromatic heterocycles. The number of anilines is 1. The first-order chi connectivity index (χ1) is 13.0. The zero-order valence-corrected chi connectivity index (χ0v) is 15.0. The maximum absolute atomic E-state index is 13.3. The minimum absolute atomic E-state index is 0.369. The topological polar surface area (TPSA) is 76.0 Å². The third-order valence-corrected chi connectivity index (χ3v) is 5.24. The van der Waals surface area contributed by atoms with Gasteiger partial charge in [-0.05, 0) is 24.6 Å². The molecule has 0 spiro atoms. The van der Waals surface area contributed by atoms with E-state index in [4.69, 9.17) is 4.74 Å². The van der Waals surface area contributed by atoms with Crippen LogP contribution in [0.25, 0.3) is 0 Å². The van der Waals surface area contributed by atoms with Crippen LogP contribution in [0.4, 0.5) is 5.69 Å². The molecule has 3 atom stereocenters. The Balaban J connectivity index is 1.87. The van der Waals surface area contributed by atoms with E-state index >= 15 is 0 Å². The molecule has 136 valence electrons. The van der Waals surface area contributed by atoms with Gasteiger partial charge in [-0.15, -0.1) is 0 Å². The molecule has 6 heteroatoms. The molecule has 0 radical (unpaired) electrons. The third kappa shape index (κ3) is 2.40. The lowest BCUT2D eigenvalue weighted by Gasteiger charge is -2.24. The SMILES string of the molecule is COC(=O)[C@@]1(C)N=C(c2ccccc2)[C@@H]2C(=O)N(c3ccccc3)C(=O)[C@@H]21. The molecular weight excluding hydrogens is 344 g/mol. The van der Waals surface area contributed by atoms with Gasteiger partial charge in [0.1, 0.15) is 0 Å². The highest BCUT2D eigenvalue weighted by atomic mass is 16.5. The summed E-state index contributed by atoms with van der Waals surface area (Å²) in [7, 11) is 1.26. The van der Waals surface area contributed by atoms with Gasteiger partial charge in [0.2, 0.25) is 11.8 Å². The lowest BCUT2D eigenvalue weighted by Crippen LogP contribution is -2.45. The molecule has 4 rings (SSSR count). The van der Waals surface area contributed by atoms with E-state index in [9.17, 15) is 14.4 Å². The number of ether oxygens (including phenoxy) is 1. The van der Waals surface area contributed by atoms with E-state index in [1.807, 2.05) is 36.4 Å². The second-order valence-corrected chi connectivity index (χ2v) is 6.80. The first kappa shape index (κ1) is 17.1. The first-order valence-electron chi connectivity index (χ1n) is 8.65. The number of nitrogens with zero attached hydrogens (tertiary/aromatic N) is 2. The fraction of sp³-hybridized carbons (Fsp3) is 0.238. The smallest absolute Gasteiger partial charge is 0.334 e. The number of fused-ring (bicyclic) bond motifs is 1. The minimum Gasteiger partial charge on any atom is -0.467 e. The van der Waals surface area contributed by atoms with Crippen LogP contribution in [-0.4, -0.2) is 36.1 Å². The number of carbonyl (C=O) groups excluding carboxylic acids is 3. The highest BCUT2D eigenvalue weighted by Gasteiger charge is 2.65. The quantitative estimate of drug-likeness (QED) is 0.620. The average Bonchev–Trinajstić information content (AvgIpc) is 3.16. The van der Waals surface area contributed by atoms with Gasteiger partial charge in [0, 0.05) is 0 Å². The van der Waals surface area contributed by atoms with E-state index in [0.29, 0.717) is 11.4 Å². The zero-order chi connectivity index (χ0) is 19.2. The van der Waals surface area contributed by atoms with Crippen molar-refractivity contribution < 1.29 is 19.1 Å². The van der Waals surface area contributed by atoms with Gasteiger partial charge in [-0.3, -0.25) is 14.6 Å². The number of amides is 2. The van der Waals surface area contributed by atoms with Crippen LogP contribution in [0.3, 0.4) is 0 Å². The van der Waals surface area contributed by atoms with Crippen molar-refractivity contribution in [3.8, 4) is 0 Å². The lowest BCUT2D eigenvalue weighted by atomic mass is 9.79. The zero-order valence-electron chi connectivity index (χ0n) is 15.0. The van der Waals surface area contributed by atoms with Crippen molar-refractivity contribution in [3.63, 3.8) is 0 Å². The van der Waals surface area contributed by atoms with Gasteiger partial charge in [0.15, 0.2) is 5.54 Å². The number of hydrogen-bond donors (Lipinski definition) is 0. The molecule has 0 saturated carbocycles. The van der Waals surface area contributed by atoms with Crippen LogP contribution in [-0.2, 0) is 19.1 Å². The number of methoxy groups -OCH3 is 1. The van der Waals surface area contributed by atoms with Gasteiger partial charge in [-0.2, -0.15) is 0 Å². The molecule has 2 aromatic carbocycles. The molecular formula is C21H18N2O4. The van der Waals surface area contributed by atoms with E-state index < -0.39 is 29.3 Å². The van der Waals surface area contributed by atoms with Crippen molar-refractivity contribution in [2.75, 3.05) is 12.0 Å². The maximum atomic E-state index is 13.3. The molecule has 27 heavy (non-hydrogen) atoms. The van der Waals surface area contributed by atoms with Crippen LogP contribution >= 0.6 is 0 Å². The molecule has 6 nitrogen and oxygen atoms in total. The molecule has 0 N–H and O–H groups in total. The Labute approximate surface area is 156 Å². The van der Waals surface area contributed by atoms with E-state index in [2.05, 4.69) is 4.99 Å². The number of carbonyl (C=O) groups is 3. The summed E-state index contributed by atoms with van der Waals surface area (Å²) < 4.78 is 4.93. The highest BCUT2D eigenvalue weighted by molar-refractivity contribution is 6.33. The normalized spacial score (nSPS) is 26.7. The number of aliphatic imine (C=N–C) groups is 1. The molecule has 2 amide bonds.